The molecule has 0 saturated heterocycles. The lowest BCUT2D eigenvalue weighted by Crippen LogP contribution is -2.36. The third-order valence-corrected chi connectivity index (χ3v) is 5.22. The molecule has 0 spiro atoms. The van der Waals surface area contributed by atoms with Gasteiger partial charge in [0.05, 0.1) is 13.2 Å². The number of hydrogen-bond acceptors (Lipinski definition) is 5. The highest BCUT2D eigenvalue weighted by molar-refractivity contribution is 7.89. The second kappa shape index (κ2) is 8.84. The van der Waals surface area contributed by atoms with Crippen LogP contribution >= 0.6 is 12.4 Å². The molecule has 1 aromatic carbocycles. The molecule has 142 valence electrons. The molecule has 1 aliphatic rings. The van der Waals surface area contributed by atoms with Gasteiger partial charge in [0.15, 0.2) is 0 Å². The molecule has 1 aliphatic carbocycles. The Morgan fingerprint density at radius 1 is 1.36 bits per heavy atom. The highest BCUT2D eigenvalue weighted by Gasteiger charge is 2.30. The van der Waals surface area contributed by atoms with E-state index in [0.717, 1.165) is 12.8 Å². The quantitative estimate of drug-likeness (QED) is 0.626. The summed E-state index contributed by atoms with van der Waals surface area (Å²) in [5, 5.41) is 2.67. The molecule has 0 aromatic heterocycles. The number of hydrogen-bond donors (Lipinski definition) is 3. The van der Waals surface area contributed by atoms with Crippen molar-refractivity contribution in [2.24, 2.45) is 11.7 Å². The van der Waals surface area contributed by atoms with Crippen molar-refractivity contribution in [3.8, 4) is 5.75 Å². The summed E-state index contributed by atoms with van der Waals surface area (Å²) in [5.41, 5.74) is 6.22. The Balaban J connectivity index is 0.00000312. The number of carbonyl (C=O) groups excluding carboxylic acids is 1. The van der Waals surface area contributed by atoms with Crippen LogP contribution in [0.15, 0.2) is 23.1 Å². The molecule has 9 heteroatoms. The number of methoxy groups -OCH3 is 1. The summed E-state index contributed by atoms with van der Waals surface area (Å²) in [6.45, 7) is 3.96. The molecule has 0 aliphatic heterocycles. The number of ether oxygens (including phenoxy) is 1. The Morgan fingerprint density at radius 3 is 2.52 bits per heavy atom. The van der Waals surface area contributed by atoms with Crippen molar-refractivity contribution < 1.29 is 17.9 Å². The minimum atomic E-state index is -3.69. The Hall–Kier alpha value is -1.35. The maximum Gasteiger partial charge on any atom is 0.244 e. The van der Waals surface area contributed by atoms with Crippen molar-refractivity contribution in [1.29, 1.82) is 0 Å². The predicted molar refractivity (Wildman–Crippen MR) is 99.6 cm³/mol. The Morgan fingerprint density at radius 2 is 2.00 bits per heavy atom. The first-order chi connectivity index (χ1) is 11.2. The number of nitrogens with one attached hydrogen (secondary N) is 2. The van der Waals surface area contributed by atoms with Crippen molar-refractivity contribution in [3.63, 3.8) is 0 Å². The SMILES string of the molecule is COc1ccc(NC(=O)[C@@H](N)CC(C)C)cc1S(=O)(=O)NC1CC1.Cl. The first-order valence-electron chi connectivity index (χ1n) is 7.99. The number of amides is 1. The van der Waals surface area contributed by atoms with Crippen LogP contribution in [0.25, 0.3) is 0 Å². The van der Waals surface area contributed by atoms with Gasteiger partial charge < -0.3 is 15.8 Å². The lowest BCUT2D eigenvalue weighted by molar-refractivity contribution is -0.117. The van der Waals surface area contributed by atoms with Gasteiger partial charge in [-0.1, -0.05) is 13.8 Å². The maximum absolute atomic E-state index is 12.5. The molecule has 7 nitrogen and oxygen atoms in total. The van der Waals surface area contributed by atoms with Gasteiger partial charge in [-0.05, 0) is 43.4 Å². The van der Waals surface area contributed by atoms with Crippen LogP contribution in [0, 0.1) is 5.92 Å². The summed E-state index contributed by atoms with van der Waals surface area (Å²) in [6.07, 6.45) is 2.22. The van der Waals surface area contributed by atoms with Gasteiger partial charge in [-0.3, -0.25) is 4.79 Å². The number of carbonyl (C=O) groups is 1. The molecule has 1 saturated carbocycles. The van der Waals surface area contributed by atoms with E-state index >= 15 is 0 Å². The minimum absolute atomic E-state index is 0. The zero-order valence-electron chi connectivity index (χ0n) is 14.6. The Kier molecular flexibility index (Phi) is 7.67. The number of halogens is 1. The normalized spacial score (nSPS) is 15.4. The van der Waals surface area contributed by atoms with Gasteiger partial charge >= 0.3 is 0 Å². The molecule has 1 atom stereocenters. The third kappa shape index (κ3) is 6.14. The van der Waals surface area contributed by atoms with E-state index in [-0.39, 0.29) is 35.0 Å². The summed E-state index contributed by atoms with van der Waals surface area (Å²) in [5.74, 6) is 0.181. The number of sulfonamides is 1. The predicted octanol–water partition coefficient (Wildman–Crippen LogP) is 1.87. The lowest BCUT2D eigenvalue weighted by atomic mass is 10.0. The fourth-order valence-electron chi connectivity index (χ4n) is 2.30. The van der Waals surface area contributed by atoms with Gasteiger partial charge in [0, 0.05) is 11.7 Å². The fraction of sp³-hybridized carbons (Fsp3) is 0.562. The van der Waals surface area contributed by atoms with Crippen molar-refractivity contribution in [2.45, 2.75) is 50.1 Å². The van der Waals surface area contributed by atoms with Crippen molar-refractivity contribution >= 4 is 34.0 Å². The van der Waals surface area contributed by atoms with Crippen LogP contribution in [0.3, 0.4) is 0 Å². The van der Waals surface area contributed by atoms with Gasteiger partial charge in [-0.25, -0.2) is 13.1 Å². The van der Waals surface area contributed by atoms with E-state index in [9.17, 15) is 13.2 Å². The van der Waals surface area contributed by atoms with E-state index in [1.165, 1.54) is 19.2 Å². The molecule has 1 aromatic rings. The van der Waals surface area contributed by atoms with Crippen LogP contribution < -0.4 is 20.5 Å². The largest absolute Gasteiger partial charge is 0.495 e. The van der Waals surface area contributed by atoms with Crippen molar-refractivity contribution in [3.05, 3.63) is 18.2 Å². The Labute approximate surface area is 155 Å². The van der Waals surface area contributed by atoms with E-state index in [2.05, 4.69) is 10.0 Å². The summed E-state index contributed by atoms with van der Waals surface area (Å²) in [7, 11) is -2.29. The smallest absolute Gasteiger partial charge is 0.244 e. The molecule has 0 unspecified atom stereocenters. The number of rotatable bonds is 8. The average Bonchev–Trinajstić information content (AvgIpc) is 3.29. The maximum atomic E-state index is 12.5. The minimum Gasteiger partial charge on any atom is -0.495 e. The van der Waals surface area contributed by atoms with E-state index in [0.29, 0.717) is 18.0 Å². The molecule has 1 fully saturated rings. The molecule has 0 bridgehead atoms. The highest BCUT2D eigenvalue weighted by atomic mass is 35.5. The fourth-order valence-corrected chi connectivity index (χ4v) is 3.80. The van der Waals surface area contributed by atoms with Crippen LogP contribution in [-0.4, -0.2) is 33.5 Å². The van der Waals surface area contributed by atoms with Gasteiger partial charge in [0.25, 0.3) is 0 Å². The summed E-state index contributed by atoms with van der Waals surface area (Å²) < 4.78 is 32.6. The third-order valence-electron chi connectivity index (χ3n) is 3.68. The van der Waals surface area contributed by atoms with E-state index < -0.39 is 16.1 Å². The zero-order valence-corrected chi connectivity index (χ0v) is 16.2. The van der Waals surface area contributed by atoms with Gasteiger partial charge in [0.1, 0.15) is 10.6 Å². The first kappa shape index (κ1) is 21.7. The number of nitrogens with two attached hydrogens (primary N) is 1. The van der Waals surface area contributed by atoms with E-state index in [4.69, 9.17) is 10.5 Å². The average molecular weight is 392 g/mol. The summed E-state index contributed by atoms with van der Waals surface area (Å²) in [6, 6.07) is 3.85. The number of benzene rings is 1. The zero-order chi connectivity index (χ0) is 17.9. The topological polar surface area (TPSA) is 111 Å². The monoisotopic (exact) mass is 391 g/mol. The van der Waals surface area contributed by atoms with E-state index in [1.807, 2.05) is 13.8 Å². The van der Waals surface area contributed by atoms with Crippen molar-refractivity contribution in [2.75, 3.05) is 12.4 Å². The Bertz CT molecular complexity index is 705. The molecule has 4 N–H and O–H groups in total. The van der Waals surface area contributed by atoms with Gasteiger partial charge in [-0.15, -0.1) is 12.4 Å². The molecule has 1 amide bonds. The van der Waals surface area contributed by atoms with Crippen LogP contribution in [0.1, 0.15) is 33.1 Å². The molecule has 25 heavy (non-hydrogen) atoms. The first-order valence-corrected chi connectivity index (χ1v) is 9.48. The lowest BCUT2D eigenvalue weighted by Gasteiger charge is -2.16. The molecular formula is C16H26ClN3O4S. The second-order valence-electron chi connectivity index (χ2n) is 6.49. The van der Waals surface area contributed by atoms with Crippen LogP contribution in [0.2, 0.25) is 0 Å². The van der Waals surface area contributed by atoms with E-state index in [1.54, 1.807) is 6.07 Å². The summed E-state index contributed by atoms with van der Waals surface area (Å²) in [4.78, 5) is 12.1. The second-order valence-corrected chi connectivity index (χ2v) is 8.17. The van der Waals surface area contributed by atoms with Gasteiger partial charge in [0.2, 0.25) is 15.9 Å². The van der Waals surface area contributed by atoms with Crippen LogP contribution in [0.4, 0.5) is 5.69 Å². The molecular weight excluding hydrogens is 366 g/mol. The molecule has 2 rings (SSSR count). The van der Waals surface area contributed by atoms with Gasteiger partial charge in [-0.2, -0.15) is 0 Å². The van der Waals surface area contributed by atoms with Crippen LogP contribution in [0.5, 0.6) is 5.75 Å². The number of anilines is 1. The summed E-state index contributed by atoms with van der Waals surface area (Å²) >= 11 is 0. The highest BCUT2D eigenvalue weighted by Crippen LogP contribution is 2.29. The van der Waals surface area contributed by atoms with Crippen LogP contribution in [-0.2, 0) is 14.8 Å². The standard InChI is InChI=1S/C16H25N3O4S.ClH/c1-10(2)8-13(17)16(20)18-12-6-7-14(23-3)15(9-12)24(21,22)19-11-4-5-11;/h6-7,9-11,13,19H,4-5,8,17H2,1-3H3,(H,18,20);1H/t13-;/m0./s1. The molecule has 0 heterocycles. The van der Waals surface area contributed by atoms with Crippen molar-refractivity contribution in [1.82, 2.24) is 4.72 Å². The molecule has 0 radical (unpaired) electrons.